The summed E-state index contributed by atoms with van der Waals surface area (Å²) in [6, 6.07) is 0. The maximum atomic E-state index is 10.1. The van der Waals surface area contributed by atoms with E-state index in [4.69, 9.17) is 34.7 Å². The molecule has 0 unspecified atom stereocenters. The van der Waals surface area contributed by atoms with Crippen molar-refractivity contribution in [2.24, 2.45) is 0 Å². The molecule has 0 bridgehead atoms. The number of hydrogen-bond acceptors (Lipinski definition) is 8. The van der Waals surface area contributed by atoms with Crippen LogP contribution < -0.4 is 18.9 Å². The maximum absolute atomic E-state index is 10.1. The second-order valence-electron chi connectivity index (χ2n) is 3.00. The molecule has 0 saturated heterocycles. The van der Waals surface area contributed by atoms with Gasteiger partial charge in [-0.05, 0) is 19.3 Å². The predicted molar refractivity (Wildman–Crippen MR) is 75.5 cm³/mol. The minimum Gasteiger partial charge on any atom is -1.00 e. The van der Waals surface area contributed by atoms with Crippen molar-refractivity contribution in [2.45, 2.75) is 19.3 Å². The Balaban J connectivity index is -0.0000000492. The third-order valence-electron chi connectivity index (χ3n) is 1.06. The van der Waals surface area contributed by atoms with Gasteiger partial charge in [-0.25, -0.2) is 0 Å². The van der Waals surface area contributed by atoms with Crippen LogP contribution in [0.1, 0.15) is 20.7 Å². The monoisotopic (exact) mass is 364 g/mol. The first-order valence-corrected chi connectivity index (χ1v) is 6.93. The molecule has 9 nitrogen and oxygen atoms in total. The van der Waals surface area contributed by atoms with Crippen LogP contribution in [0.15, 0.2) is 12.7 Å². The second kappa shape index (κ2) is 24.2. The van der Waals surface area contributed by atoms with Crippen molar-refractivity contribution in [1.29, 1.82) is 0 Å². The number of halogens is 3. The topological polar surface area (TPSA) is 176 Å². The Morgan fingerprint density at radius 2 is 1.17 bits per heavy atom. The Morgan fingerprint density at radius 3 is 1.35 bits per heavy atom. The summed E-state index contributed by atoms with van der Waals surface area (Å²) >= 11 is 0. The summed E-state index contributed by atoms with van der Waals surface area (Å²) in [4.78, 5) is 0. The van der Waals surface area contributed by atoms with Crippen LogP contribution in [0.25, 0.3) is 0 Å². The van der Waals surface area contributed by atoms with Gasteiger partial charge in [0.05, 0.1) is 5.75 Å². The summed E-state index contributed by atoms with van der Waals surface area (Å²) in [5.74, 6) is -0.138. The molecule has 134 valence electrons. The van der Waals surface area contributed by atoms with Crippen LogP contribution in [0.4, 0.5) is 12.9 Å². The van der Waals surface area contributed by atoms with Crippen LogP contribution in [0, 0.1) is 0 Å². The average Bonchev–Trinajstić information content (AvgIpc) is 2.20. The Bertz CT molecular complexity index is 307. The zero-order valence-electron chi connectivity index (χ0n) is 13.3. The number of rotatable bonds is 5. The number of allylic oxidation sites excluding steroid dienone is 1. The minimum atomic E-state index is -3.74. The molecule has 0 aromatic heterocycles. The molecule has 0 fully saturated rings. The normalized spacial score (nSPS) is 8.43. The van der Waals surface area contributed by atoms with Gasteiger partial charge in [-0.15, -0.1) is 6.58 Å². The predicted octanol–water partition coefficient (Wildman–Crippen LogP) is -4.88. The first-order valence-electron chi connectivity index (χ1n) is 5.32. The summed E-state index contributed by atoms with van der Waals surface area (Å²) < 4.78 is 58.8. The summed E-state index contributed by atoms with van der Waals surface area (Å²) in [6.45, 7) is 3.48. The fourth-order valence-electron chi connectivity index (χ4n) is 0.573. The summed E-state index contributed by atoms with van der Waals surface area (Å²) in [5.41, 5.74) is 0. The molecule has 0 atom stereocenters. The molecule has 7 N–H and O–H groups in total. The standard InChI is InChI=1S/C6H12O3S.3BFH2O2.Li.H/c1-2-3-4-5-6-10(7,8)9;3*2-1(3)4;;/h2H,1,3-6H2,(H,7,8,9);3*3-4H;;/q;;;;+1;-1. The van der Waals surface area contributed by atoms with Crippen molar-refractivity contribution < 1.29 is 76.3 Å². The Hall–Kier alpha value is -0.00779. The van der Waals surface area contributed by atoms with Gasteiger partial charge in [0.1, 0.15) is 0 Å². The van der Waals surface area contributed by atoms with Crippen LogP contribution in [0.2, 0.25) is 0 Å². The second-order valence-corrected chi connectivity index (χ2v) is 4.57. The third-order valence-corrected chi connectivity index (χ3v) is 1.87. The van der Waals surface area contributed by atoms with Gasteiger partial charge in [-0.2, -0.15) is 8.42 Å². The average molecular weight is 364 g/mol. The van der Waals surface area contributed by atoms with E-state index in [9.17, 15) is 21.4 Å². The molecule has 0 radical (unpaired) electrons. The van der Waals surface area contributed by atoms with Crippen LogP contribution in [0.5, 0.6) is 0 Å². The zero-order chi connectivity index (χ0) is 18.8. The van der Waals surface area contributed by atoms with E-state index in [2.05, 4.69) is 6.58 Å². The Labute approximate surface area is 146 Å². The first-order chi connectivity index (χ1) is 9.76. The van der Waals surface area contributed by atoms with Gasteiger partial charge in [-0.3, -0.25) is 17.5 Å². The Kier molecular flexibility index (Phi) is 36.2. The molecule has 0 amide bonds. The van der Waals surface area contributed by atoms with Crippen LogP contribution in [0.3, 0.4) is 0 Å². The molecule has 0 spiro atoms. The van der Waals surface area contributed by atoms with E-state index in [1.165, 1.54) is 0 Å². The molecular formula is C6H19B3F3LiO9S. The van der Waals surface area contributed by atoms with Crippen molar-refractivity contribution in [1.82, 2.24) is 0 Å². The molecular weight excluding hydrogens is 344 g/mol. The smallest absolute Gasteiger partial charge is 1.00 e. The van der Waals surface area contributed by atoms with Crippen molar-refractivity contribution in [3.63, 3.8) is 0 Å². The van der Waals surface area contributed by atoms with Gasteiger partial charge < -0.3 is 31.6 Å². The van der Waals surface area contributed by atoms with Gasteiger partial charge in [0.25, 0.3) is 10.1 Å². The van der Waals surface area contributed by atoms with E-state index in [0.717, 1.165) is 12.8 Å². The van der Waals surface area contributed by atoms with Crippen molar-refractivity contribution >= 4 is 32.3 Å². The maximum Gasteiger partial charge on any atom is 1.00 e. The fourth-order valence-corrected chi connectivity index (χ4v) is 1.14. The van der Waals surface area contributed by atoms with Crippen molar-refractivity contribution in [2.75, 3.05) is 5.75 Å². The molecule has 0 aromatic carbocycles. The van der Waals surface area contributed by atoms with E-state index < -0.39 is 32.3 Å². The molecule has 0 aliphatic carbocycles. The number of hydrogen-bond donors (Lipinski definition) is 7. The summed E-state index contributed by atoms with van der Waals surface area (Å²) in [7, 11) is -11.7. The van der Waals surface area contributed by atoms with Gasteiger partial charge in [0.15, 0.2) is 0 Å². The first kappa shape index (κ1) is 34.4. The molecule has 23 heavy (non-hydrogen) atoms. The molecule has 17 heteroatoms. The van der Waals surface area contributed by atoms with E-state index in [0.29, 0.717) is 6.42 Å². The third kappa shape index (κ3) is 180. The molecule has 0 heterocycles. The van der Waals surface area contributed by atoms with E-state index in [1.54, 1.807) is 6.08 Å². The molecule has 0 aliphatic heterocycles. The van der Waals surface area contributed by atoms with Crippen molar-refractivity contribution in [3.05, 3.63) is 12.7 Å². The minimum absolute atomic E-state index is 0. The SMILES string of the molecule is C=CCCCCS(=O)(=O)O.OB(O)F.OB(O)F.OB(O)F.[H-].[Li+]. The molecule has 0 aliphatic rings. The van der Waals surface area contributed by atoms with Crippen LogP contribution in [-0.4, -0.2) is 71.1 Å². The number of unbranched alkanes of at least 4 members (excludes halogenated alkanes) is 2. The van der Waals surface area contributed by atoms with Crippen molar-refractivity contribution in [3.8, 4) is 0 Å². The van der Waals surface area contributed by atoms with Gasteiger partial charge >= 0.3 is 41.0 Å². The molecule has 0 saturated carbocycles. The zero-order valence-corrected chi connectivity index (χ0v) is 13.2. The Morgan fingerprint density at radius 1 is 0.913 bits per heavy atom. The van der Waals surface area contributed by atoms with Gasteiger partial charge in [-0.1, -0.05) is 6.08 Å². The van der Waals surface area contributed by atoms with Crippen LogP contribution >= 0.6 is 0 Å². The fraction of sp³-hybridized carbons (Fsp3) is 0.667. The van der Waals surface area contributed by atoms with Gasteiger partial charge in [0.2, 0.25) is 0 Å². The summed E-state index contributed by atoms with van der Waals surface area (Å²) in [5, 5.41) is 41.7. The van der Waals surface area contributed by atoms with E-state index in [-0.39, 0.29) is 26.0 Å². The molecule has 0 rings (SSSR count). The van der Waals surface area contributed by atoms with E-state index in [1.807, 2.05) is 0 Å². The van der Waals surface area contributed by atoms with E-state index >= 15 is 0 Å². The van der Waals surface area contributed by atoms with Crippen LogP contribution in [-0.2, 0) is 10.1 Å². The summed E-state index contributed by atoms with van der Waals surface area (Å²) in [6.07, 6.45) is 3.80. The van der Waals surface area contributed by atoms with Gasteiger partial charge in [0, 0.05) is 0 Å². The largest absolute Gasteiger partial charge is 1.00 e. The quantitative estimate of drug-likeness (QED) is 0.109. The molecule has 0 aromatic rings.